The van der Waals surface area contributed by atoms with Crippen LogP contribution in [0.2, 0.25) is 0 Å². The molecule has 1 N–H and O–H groups in total. The average molecular weight is 392 g/mol. The molecule has 0 radical (unpaired) electrons. The van der Waals surface area contributed by atoms with Crippen molar-refractivity contribution < 1.29 is 0 Å². The van der Waals surface area contributed by atoms with Crippen LogP contribution in [0.25, 0.3) is 11.0 Å². The van der Waals surface area contributed by atoms with Crippen molar-refractivity contribution in [2.45, 2.75) is 51.1 Å². The van der Waals surface area contributed by atoms with Crippen molar-refractivity contribution in [2.24, 2.45) is 0 Å². The molecule has 2 heterocycles. The van der Waals surface area contributed by atoms with Crippen molar-refractivity contribution in [1.82, 2.24) is 24.8 Å². The minimum Gasteiger partial charge on any atom is -0.341 e. The van der Waals surface area contributed by atoms with Crippen LogP contribution in [0.1, 0.15) is 61.8 Å². The van der Waals surface area contributed by atoms with Gasteiger partial charge in [-0.05, 0) is 90.0 Å². The lowest BCUT2D eigenvalue weighted by Gasteiger charge is -2.38. The third-order valence-electron chi connectivity index (χ3n) is 6.14. The average Bonchev–Trinajstić information content (AvgIpc) is 3.17. The monoisotopic (exact) mass is 391 g/mol. The molecule has 4 rings (SSSR count). The molecular weight excluding hydrogens is 358 g/mol. The fourth-order valence-corrected chi connectivity index (χ4v) is 4.58. The number of fused-ring (bicyclic) bond motifs is 2. The number of aromatic nitrogens is 3. The summed E-state index contributed by atoms with van der Waals surface area (Å²) < 4.78 is 0. The van der Waals surface area contributed by atoms with Crippen molar-refractivity contribution in [3.8, 4) is 0 Å². The molecule has 29 heavy (non-hydrogen) atoms. The topological polar surface area (TPSA) is 48.1 Å². The Bertz CT molecular complexity index is 899. The predicted molar refractivity (Wildman–Crippen MR) is 119 cm³/mol. The summed E-state index contributed by atoms with van der Waals surface area (Å²) in [7, 11) is 4.30. The Labute approximate surface area is 174 Å². The number of unbranched alkanes of at least 4 members (excludes halogenated alkanes) is 1. The number of benzene rings is 1. The zero-order valence-corrected chi connectivity index (χ0v) is 17.9. The Morgan fingerprint density at radius 2 is 1.93 bits per heavy atom. The van der Waals surface area contributed by atoms with Gasteiger partial charge in [0.15, 0.2) is 0 Å². The second kappa shape index (κ2) is 9.06. The number of para-hydroxylation sites is 2. The number of nitrogens with one attached hydrogen (secondary N) is 1. The first-order chi connectivity index (χ1) is 14.1. The van der Waals surface area contributed by atoms with Crippen molar-refractivity contribution in [3.05, 3.63) is 59.7 Å². The SMILES string of the molecule is C[C@@H](c1nc2ccccc2[nH]1)N(CCCCN(C)C)C1CCCc2cccnc21. The molecule has 2 atom stereocenters. The summed E-state index contributed by atoms with van der Waals surface area (Å²) in [5.41, 5.74) is 4.85. The number of hydrogen-bond acceptors (Lipinski definition) is 4. The molecule has 0 bridgehead atoms. The van der Waals surface area contributed by atoms with Crippen molar-refractivity contribution in [3.63, 3.8) is 0 Å². The molecule has 0 fully saturated rings. The molecule has 2 aromatic heterocycles. The van der Waals surface area contributed by atoms with Gasteiger partial charge in [-0.1, -0.05) is 18.2 Å². The highest BCUT2D eigenvalue weighted by Crippen LogP contribution is 2.37. The third kappa shape index (κ3) is 4.51. The first-order valence-electron chi connectivity index (χ1n) is 10.9. The second-order valence-corrected chi connectivity index (χ2v) is 8.52. The van der Waals surface area contributed by atoms with Crippen LogP contribution in [0.3, 0.4) is 0 Å². The molecule has 5 nitrogen and oxygen atoms in total. The zero-order valence-electron chi connectivity index (χ0n) is 17.9. The van der Waals surface area contributed by atoms with Crippen LogP contribution in [0, 0.1) is 0 Å². The van der Waals surface area contributed by atoms with Gasteiger partial charge in [0.25, 0.3) is 0 Å². The minimum absolute atomic E-state index is 0.222. The number of H-pyrrole nitrogens is 1. The summed E-state index contributed by atoms with van der Waals surface area (Å²) in [5, 5.41) is 0. The lowest BCUT2D eigenvalue weighted by Crippen LogP contribution is -2.35. The van der Waals surface area contributed by atoms with Gasteiger partial charge in [-0.2, -0.15) is 0 Å². The van der Waals surface area contributed by atoms with Gasteiger partial charge in [0.1, 0.15) is 5.82 Å². The maximum Gasteiger partial charge on any atom is 0.124 e. The lowest BCUT2D eigenvalue weighted by atomic mass is 9.90. The molecular formula is C24H33N5. The van der Waals surface area contributed by atoms with E-state index in [0.29, 0.717) is 6.04 Å². The summed E-state index contributed by atoms with van der Waals surface area (Å²) in [6, 6.07) is 13.2. The Hall–Kier alpha value is -2.24. The van der Waals surface area contributed by atoms with E-state index in [2.05, 4.69) is 72.2 Å². The van der Waals surface area contributed by atoms with Gasteiger partial charge in [-0.3, -0.25) is 9.88 Å². The Kier molecular flexibility index (Phi) is 6.26. The Balaban J connectivity index is 1.61. The molecule has 154 valence electrons. The van der Waals surface area contributed by atoms with Gasteiger partial charge in [0, 0.05) is 6.20 Å². The van der Waals surface area contributed by atoms with Crippen LogP contribution in [0.5, 0.6) is 0 Å². The number of imidazole rings is 1. The normalized spacial score (nSPS) is 17.8. The van der Waals surface area contributed by atoms with Gasteiger partial charge >= 0.3 is 0 Å². The molecule has 1 aliphatic carbocycles. The molecule has 0 spiro atoms. The zero-order chi connectivity index (χ0) is 20.2. The highest BCUT2D eigenvalue weighted by atomic mass is 15.2. The van der Waals surface area contributed by atoms with E-state index in [4.69, 9.17) is 9.97 Å². The predicted octanol–water partition coefficient (Wildman–Crippen LogP) is 4.74. The van der Waals surface area contributed by atoms with Crippen LogP contribution in [-0.2, 0) is 6.42 Å². The molecule has 3 aromatic rings. The van der Waals surface area contributed by atoms with E-state index in [1.165, 1.54) is 36.9 Å². The summed E-state index contributed by atoms with van der Waals surface area (Å²) in [4.78, 5) is 18.2. The minimum atomic E-state index is 0.222. The van der Waals surface area contributed by atoms with Crippen molar-refractivity contribution in [1.29, 1.82) is 0 Å². The first kappa shape index (κ1) is 20.0. The van der Waals surface area contributed by atoms with Gasteiger partial charge in [0.2, 0.25) is 0 Å². The standard InChI is InChI=1S/C24H33N5/c1-18(24-26-20-12-4-5-13-21(20)27-24)29(17-7-6-16-28(2)3)22-14-8-10-19-11-9-15-25-23(19)22/h4-5,9,11-13,15,18,22H,6-8,10,14,16-17H2,1-3H3,(H,26,27)/t18-,22?/m0/s1. The molecule has 1 unspecified atom stereocenters. The maximum absolute atomic E-state index is 4.91. The Morgan fingerprint density at radius 3 is 2.76 bits per heavy atom. The van der Waals surface area contributed by atoms with Crippen LogP contribution in [-0.4, -0.2) is 51.9 Å². The molecule has 0 amide bonds. The van der Waals surface area contributed by atoms with E-state index in [0.717, 1.165) is 36.4 Å². The molecule has 1 aliphatic rings. The third-order valence-corrected chi connectivity index (χ3v) is 6.14. The van der Waals surface area contributed by atoms with E-state index >= 15 is 0 Å². The van der Waals surface area contributed by atoms with E-state index in [-0.39, 0.29) is 6.04 Å². The van der Waals surface area contributed by atoms with E-state index in [1.807, 2.05) is 6.20 Å². The van der Waals surface area contributed by atoms with E-state index in [1.54, 1.807) is 0 Å². The van der Waals surface area contributed by atoms with Crippen LogP contribution in [0.4, 0.5) is 0 Å². The number of rotatable bonds is 8. The maximum atomic E-state index is 4.91. The fourth-order valence-electron chi connectivity index (χ4n) is 4.58. The smallest absolute Gasteiger partial charge is 0.124 e. The fraction of sp³-hybridized carbons (Fsp3) is 0.500. The number of pyridine rings is 1. The van der Waals surface area contributed by atoms with Crippen LogP contribution < -0.4 is 0 Å². The largest absolute Gasteiger partial charge is 0.341 e. The number of aryl methyl sites for hydroxylation is 1. The van der Waals surface area contributed by atoms with Gasteiger partial charge in [0.05, 0.1) is 28.8 Å². The van der Waals surface area contributed by atoms with Crippen molar-refractivity contribution >= 4 is 11.0 Å². The summed E-state index contributed by atoms with van der Waals surface area (Å²) >= 11 is 0. The van der Waals surface area contributed by atoms with E-state index in [9.17, 15) is 0 Å². The summed E-state index contributed by atoms with van der Waals surface area (Å²) in [5.74, 6) is 1.06. The summed E-state index contributed by atoms with van der Waals surface area (Å²) in [6.45, 7) is 4.49. The highest BCUT2D eigenvalue weighted by molar-refractivity contribution is 5.74. The molecule has 0 saturated carbocycles. The number of nitrogens with zero attached hydrogens (tertiary/aromatic N) is 4. The molecule has 1 aromatic carbocycles. The van der Waals surface area contributed by atoms with E-state index < -0.39 is 0 Å². The van der Waals surface area contributed by atoms with Crippen LogP contribution in [0.15, 0.2) is 42.6 Å². The van der Waals surface area contributed by atoms with Gasteiger partial charge in [-0.25, -0.2) is 4.98 Å². The molecule has 5 heteroatoms. The van der Waals surface area contributed by atoms with Crippen LogP contribution >= 0.6 is 0 Å². The van der Waals surface area contributed by atoms with Gasteiger partial charge < -0.3 is 9.88 Å². The number of hydrogen-bond donors (Lipinski definition) is 1. The summed E-state index contributed by atoms with van der Waals surface area (Å²) in [6.07, 6.45) is 7.88. The Morgan fingerprint density at radius 1 is 1.10 bits per heavy atom. The molecule has 0 aliphatic heterocycles. The quantitative estimate of drug-likeness (QED) is 0.564. The van der Waals surface area contributed by atoms with Crippen molar-refractivity contribution in [2.75, 3.05) is 27.2 Å². The first-order valence-corrected chi connectivity index (χ1v) is 10.9. The second-order valence-electron chi connectivity index (χ2n) is 8.52. The van der Waals surface area contributed by atoms with Gasteiger partial charge in [-0.15, -0.1) is 0 Å². The lowest BCUT2D eigenvalue weighted by molar-refractivity contribution is 0.117. The highest BCUT2D eigenvalue weighted by Gasteiger charge is 2.31. The molecule has 0 saturated heterocycles. The number of aromatic amines is 1.